The van der Waals surface area contributed by atoms with Crippen molar-refractivity contribution in [3.63, 3.8) is 0 Å². The highest BCUT2D eigenvalue weighted by molar-refractivity contribution is 5.30. The Balaban J connectivity index is 2.22. The molecule has 2 unspecified atom stereocenters. The first kappa shape index (κ1) is 11.6. The van der Waals surface area contributed by atoms with Gasteiger partial charge in [0.15, 0.2) is 0 Å². The molecule has 0 spiro atoms. The second kappa shape index (κ2) is 4.96. The van der Waals surface area contributed by atoms with Gasteiger partial charge in [0, 0.05) is 12.5 Å². The van der Waals surface area contributed by atoms with E-state index in [2.05, 4.69) is 43.1 Å². The van der Waals surface area contributed by atoms with Gasteiger partial charge in [-0.05, 0) is 44.0 Å². The molecule has 0 aliphatic carbocycles. The van der Waals surface area contributed by atoms with E-state index in [4.69, 9.17) is 0 Å². The van der Waals surface area contributed by atoms with Crippen LogP contribution in [-0.4, -0.2) is 31.7 Å². The fourth-order valence-electron chi connectivity index (χ4n) is 2.78. The molecular formula is C14H20FN. The molecule has 0 N–H and O–H groups in total. The topological polar surface area (TPSA) is 3.24 Å². The zero-order chi connectivity index (χ0) is 11.5. The van der Waals surface area contributed by atoms with Crippen LogP contribution in [0.5, 0.6) is 0 Å². The number of likely N-dealkylation sites (tertiary alicyclic amines) is 1. The van der Waals surface area contributed by atoms with Crippen LogP contribution < -0.4 is 0 Å². The van der Waals surface area contributed by atoms with Crippen LogP contribution in [0.3, 0.4) is 0 Å². The largest absolute Gasteiger partial charge is 0.306 e. The van der Waals surface area contributed by atoms with Crippen molar-refractivity contribution in [1.29, 1.82) is 0 Å². The van der Waals surface area contributed by atoms with Crippen molar-refractivity contribution in [2.24, 2.45) is 5.92 Å². The predicted molar refractivity (Wildman–Crippen MR) is 65.5 cm³/mol. The number of aryl methyl sites for hydroxylation is 1. The van der Waals surface area contributed by atoms with E-state index >= 15 is 0 Å². The van der Waals surface area contributed by atoms with Crippen molar-refractivity contribution in [2.45, 2.75) is 19.3 Å². The summed E-state index contributed by atoms with van der Waals surface area (Å²) in [6.45, 7) is 3.89. The Labute approximate surface area is 97.3 Å². The molecule has 2 heteroatoms. The third-order valence-corrected chi connectivity index (χ3v) is 3.72. The Morgan fingerprint density at radius 1 is 1.38 bits per heavy atom. The van der Waals surface area contributed by atoms with E-state index < -0.39 is 0 Å². The third-order valence-electron chi connectivity index (χ3n) is 3.72. The van der Waals surface area contributed by atoms with Gasteiger partial charge >= 0.3 is 0 Å². The summed E-state index contributed by atoms with van der Waals surface area (Å²) in [5.41, 5.74) is 2.65. The second-order valence-corrected chi connectivity index (χ2v) is 4.93. The van der Waals surface area contributed by atoms with Gasteiger partial charge in [-0.25, -0.2) is 0 Å². The van der Waals surface area contributed by atoms with E-state index in [9.17, 15) is 4.39 Å². The van der Waals surface area contributed by atoms with Crippen LogP contribution in [0, 0.1) is 12.8 Å². The number of benzene rings is 1. The SMILES string of the molecule is Cc1ccccc1C1CCN(C)CC1CF. The van der Waals surface area contributed by atoms with Gasteiger partial charge in [-0.2, -0.15) is 0 Å². The lowest BCUT2D eigenvalue weighted by atomic mass is 9.79. The number of halogens is 1. The average Bonchev–Trinajstić information content (AvgIpc) is 2.30. The molecule has 1 aliphatic heterocycles. The van der Waals surface area contributed by atoms with Crippen LogP contribution in [0.15, 0.2) is 24.3 Å². The molecule has 1 heterocycles. The van der Waals surface area contributed by atoms with Gasteiger partial charge in [0.05, 0.1) is 6.67 Å². The summed E-state index contributed by atoms with van der Waals surface area (Å²) in [7, 11) is 2.08. The average molecular weight is 221 g/mol. The van der Waals surface area contributed by atoms with Gasteiger partial charge < -0.3 is 4.90 Å². The maximum absolute atomic E-state index is 13.1. The summed E-state index contributed by atoms with van der Waals surface area (Å²) >= 11 is 0. The molecule has 2 rings (SSSR count). The summed E-state index contributed by atoms with van der Waals surface area (Å²) < 4.78 is 13.1. The summed E-state index contributed by atoms with van der Waals surface area (Å²) in [5.74, 6) is 0.572. The Morgan fingerprint density at radius 2 is 2.12 bits per heavy atom. The Morgan fingerprint density at radius 3 is 2.81 bits per heavy atom. The first-order valence-electron chi connectivity index (χ1n) is 6.02. The van der Waals surface area contributed by atoms with Crippen LogP contribution in [0.25, 0.3) is 0 Å². The summed E-state index contributed by atoms with van der Waals surface area (Å²) in [6.07, 6.45) is 1.08. The summed E-state index contributed by atoms with van der Waals surface area (Å²) in [5, 5.41) is 0. The molecule has 0 radical (unpaired) electrons. The predicted octanol–water partition coefficient (Wildman–Crippen LogP) is 3.00. The smallest absolute Gasteiger partial charge is 0.0940 e. The lowest BCUT2D eigenvalue weighted by molar-refractivity contribution is 0.157. The molecule has 2 atom stereocenters. The Bertz CT molecular complexity index is 350. The minimum Gasteiger partial charge on any atom is -0.306 e. The van der Waals surface area contributed by atoms with E-state index in [0.717, 1.165) is 19.5 Å². The monoisotopic (exact) mass is 221 g/mol. The molecule has 0 aromatic heterocycles. The number of rotatable bonds is 2. The van der Waals surface area contributed by atoms with Crippen LogP contribution in [0.2, 0.25) is 0 Å². The van der Waals surface area contributed by atoms with Gasteiger partial charge in [0.1, 0.15) is 0 Å². The third kappa shape index (κ3) is 2.27. The van der Waals surface area contributed by atoms with Crippen LogP contribution in [0.1, 0.15) is 23.5 Å². The standard InChI is InChI=1S/C14H20FN/c1-11-5-3-4-6-13(11)14-7-8-16(2)10-12(14)9-15/h3-6,12,14H,7-10H2,1-2H3. The van der Waals surface area contributed by atoms with E-state index in [1.807, 2.05) is 0 Å². The molecule has 1 saturated heterocycles. The van der Waals surface area contributed by atoms with Crippen LogP contribution >= 0.6 is 0 Å². The highest BCUT2D eigenvalue weighted by Crippen LogP contribution is 2.34. The minimum absolute atomic E-state index is 0.167. The number of hydrogen-bond donors (Lipinski definition) is 0. The van der Waals surface area contributed by atoms with Crippen molar-refractivity contribution < 1.29 is 4.39 Å². The van der Waals surface area contributed by atoms with E-state index in [-0.39, 0.29) is 12.6 Å². The number of hydrogen-bond acceptors (Lipinski definition) is 1. The summed E-state index contributed by atoms with van der Waals surface area (Å²) in [6, 6.07) is 8.41. The molecule has 1 aromatic rings. The molecule has 16 heavy (non-hydrogen) atoms. The normalized spacial score (nSPS) is 26.9. The quantitative estimate of drug-likeness (QED) is 0.742. The number of piperidine rings is 1. The molecule has 1 aromatic carbocycles. The minimum atomic E-state index is -0.205. The van der Waals surface area contributed by atoms with Gasteiger partial charge in [0.2, 0.25) is 0 Å². The molecule has 88 valence electrons. The Kier molecular flexibility index (Phi) is 3.59. The van der Waals surface area contributed by atoms with E-state index in [1.54, 1.807) is 0 Å². The van der Waals surface area contributed by atoms with Crippen LogP contribution in [0.4, 0.5) is 4.39 Å². The number of nitrogens with zero attached hydrogens (tertiary/aromatic N) is 1. The number of alkyl halides is 1. The van der Waals surface area contributed by atoms with Crippen LogP contribution in [-0.2, 0) is 0 Å². The van der Waals surface area contributed by atoms with Crippen molar-refractivity contribution in [2.75, 3.05) is 26.8 Å². The highest BCUT2D eigenvalue weighted by Gasteiger charge is 2.29. The fourth-order valence-corrected chi connectivity index (χ4v) is 2.78. The lowest BCUT2D eigenvalue weighted by Crippen LogP contribution is -2.38. The Hall–Kier alpha value is -0.890. The van der Waals surface area contributed by atoms with Gasteiger partial charge in [-0.15, -0.1) is 0 Å². The zero-order valence-corrected chi connectivity index (χ0v) is 10.1. The van der Waals surface area contributed by atoms with Crippen molar-refractivity contribution in [1.82, 2.24) is 4.90 Å². The zero-order valence-electron chi connectivity index (χ0n) is 10.1. The lowest BCUT2D eigenvalue weighted by Gasteiger charge is -2.36. The first-order valence-corrected chi connectivity index (χ1v) is 6.02. The maximum atomic E-state index is 13.1. The van der Waals surface area contributed by atoms with Gasteiger partial charge in [0.25, 0.3) is 0 Å². The maximum Gasteiger partial charge on any atom is 0.0940 e. The second-order valence-electron chi connectivity index (χ2n) is 4.93. The van der Waals surface area contributed by atoms with E-state index in [1.165, 1.54) is 11.1 Å². The molecule has 0 bridgehead atoms. The van der Waals surface area contributed by atoms with Crippen molar-refractivity contribution >= 4 is 0 Å². The first-order chi connectivity index (χ1) is 7.72. The molecule has 0 saturated carbocycles. The highest BCUT2D eigenvalue weighted by atomic mass is 19.1. The van der Waals surface area contributed by atoms with Crippen molar-refractivity contribution in [3.8, 4) is 0 Å². The van der Waals surface area contributed by atoms with Crippen molar-refractivity contribution in [3.05, 3.63) is 35.4 Å². The van der Waals surface area contributed by atoms with Gasteiger partial charge in [-0.1, -0.05) is 24.3 Å². The molecule has 0 amide bonds. The van der Waals surface area contributed by atoms with Gasteiger partial charge in [-0.3, -0.25) is 4.39 Å². The van der Waals surface area contributed by atoms with E-state index in [0.29, 0.717) is 5.92 Å². The molecular weight excluding hydrogens is 201 g/mol. The molecule has 1 nitrogen and oxygen atoms in total. The summed E-state index contributed by atoms with van der Waals surface area (Å²) in [4.78, 5) is 2.24. The molecule has 1 aliphatic rings. The molecule has 1 fully saturated rings. The fraction of sp³-hybridized carbons (Fsp3) is 0.571.